The van der Waals surface area contributed by atoms with Gasteiger partial charge in [0.2, 0.25) is 0 Å². The Bertz CT molecular complexity index is 3120. The zero-order valence-corrected chi connectivity index (χ0v) is 32.2. The van der Waals surface area contributed by atoms with Gasteiger partial charge in [-0.1, -0.05) is 188 Å². The van der Waals surface area contributed by atoms with Crippen LogP contribution in [0.15, 0.2) is 224 Å². The lowest BCUT2D eigenvalue weighted by atomic mass is 9.94. The number of nitrogens with zero attached hydrogens (tertiary/aromatic N) is 3. The molecule has 0 aliphatic rings. The smallest absolute Gasteiger partial charge is 0.161 e. The zero-order valence-electron chi connectivity index (χ0n) is 32.2. The Morgan fingerprint density at radius 2 is 0.644 bits per heavy atom. The van der Waals surface area contributed by atoms with Gasteiger partial charge in [-0.25, -0.2) is 9.97 Å². The summed E-state index contributed by atoms with van der Waals surface area (Å²) < 4.78 is 2.36. The number of benzene rings is 9. The van der Waals surface area contributed by atoms with E-state index < -0.39 is 0 Å². The summed E-state index contributed by atoms with van der Waals surface area (Å²) in [7, 11) is 0. The molecule has 0 saturated carbocycles. The molecule has 0 N–H and O–H groups in total. The van der Waals surface area contributed by atoms with Gasteiger partial charge in [-0.3, -0.25) is 0 Å². The highest BCUT2D eigenvalue weighted by atomic mass is 15.0. The van der Waals surface area contributed by atoms with E-state index >= 15 is 0 Å². The van der Waals surface area contributed by atoms with E-state index in [1.165, 1.54) is 49.6 Å². The minimum absolute atomic E-state index is 0.696. The highest BCUT2D eigenvalue weighted by Crippen LogP contribution is 2.38. The third-order valence-electron chi connectivity index (χ3n) is 11.5. The molecule has 3 heteroatoms. The van der Waals surface area contributed by atoms with Gasteiger partial charge in [-0.05, 0) is 80.6 Å². The third-order valence-corrected chi connectivity index (χ3v) is 11.5. The van der Waals surface area contributed by atoms with Crippen LogP contribution in [0.25, 0.3) is 106 Å². The summed E-state index contributed by atoms with van der Waals surface area (Å²) in [5.74, 6) is 0.696. The quantitative estimate of drug-likeness (QED) is 0.162. The molecule has 0 aliphatic heterocycles. The molecule has 0 aliphatic carbocycles. The van der Waals surface area contributed by atoms with Gasteiger partial charge < -0.3 is 4.57 Å². The van der Waals surface area contributed by atoms with Crippen LogP contribution in [0.4, 0.5) is 0 Å². The van der Waals surface area contributed by atoms with Gasteiger partial charge in [0.05, 0.1) is 22.4 Å². The first-order valence-corrected chi connectivity index (χ1v) is 20.1. The van der Waals surface area contributed by atoms with Crippen LogP contribution in [0.2, 0.25) is 0 Å². The van der Waals surface area contributed by atoms with Gasteiger partial charge in [0, 0.05) is 33.2 Å². The van der Waals surface area contributed by atoms with Crippen molar-refractivity contribution >= 4 is 32.6 Å². The lowest BCUT2D eigenvalue weighted by molar-refractivity contribution is 1.18. The molecule has 0 radical (unpaired) electrons. The van der Waals surface area contributed by atoms with Crippen molar-refractivity contribution in [3.05, 3.63) is 224 Å². The number of aromatic nitrogens is 3. The van der Waals surface area contributed by atoms with Crippen molar-refractivity contribution in [3.8, 4) is 73.0 Å². The predicted octanol–water partition coefficient (Wildman–Crippen LogP) is 14.7. The molecule has 2 heterocycles. The number of rotatable bonds is 7. The second-order valence-electron chi connectivity index (χ2n) is 15.0. The average molecular weight is 752 g/mol. The SMILES string of the molecule is c1ccc(-c2ccc(-c3cc(-c4ccc(-c5ccccc5)cc4)nc(-c4ccc(-c5ccc(-n6c7ccccc7c7ccccc76)cc5)c5ccccc45)n3)cc2)cc1. The molecule has 0 atom stereocenters. The second kappa shape index (κ2) is 14.6. The molecule has 2 aromatic heterocycles. The Kier molecular flexibility index (Phi) is 8.49. The molecule has 11 rings (SSSR count). The Labute approximate surface area is 343 Å². The van der Waals surface area contributed by atoms with Crippen LogP contribution in [-0.2, 0) is 0 Å². The van der Waals surface area contributed by atoms with Crippen molar-refractivity contribution in [2.24, 2.45) is 0 Å². The van der Waals surface area contributed by atoms with Gasteiger partial charge in [0.1, 0.15) is 0 Å². The van der Waals surface area contributed by atoms with Crippen LogP contribution < -0.4 is 0 Å². The number of hydrogen-bond donors (Lipinski definition) is 0. The lowest BCUT2D eigenvalue weighted by Crippen LogP contribution is -1.97. The van der Waals surface area contributed by atoms with Gasteiger partial charge in [0.15, 0.2) is 5.82 Å². The van der Waals surface area contributed by atoms with Crippen molar-refractivity contribution in [1.82, 2.24) is 14.5 Å². The first-order chi connectivity index (χ1) is 29.2. The third kappa shape index (κ3) is 6.26. The zero-order chi connectivity index (χ0) is 39.1. The maximum atomic E-state index is 5.30. The van der Waals surface area contributed by atoms with E-state index in [2.05, 4.69) is 217 Å². The van der Waals surface area contributed by atoms with Crippen LogP contribution in [0.1, 0.15) is 0 Å². The molecule has 0 bridgehead atoms. The monoisotopic (exact) mass is 751 g/mol. The summed E-state index contributed by atoms with van der Waals surface area (Å²) >= 11 is 0. The summed E-state index contributed by atoms with van der Waals surface area (Å²) in [5.41, 5.74) is 15.4. The molecule has 0 fully saturated rings. The second-order valence-corrected chi connectivity index (χ2v) is 15.0. The molecule has 276 valence electrons. The maximum Gasteiger partial charge on any atom is 0.161 e. The van der Waals surface area contributed by atoms with Gasteiger partial charge in [-0.2, -0.15) is 0 Å². The van der Waals surface area contributed by atoms with E-state index in [1.807, 2.05) is 12.1 Å². The molecule has 0 saturated heterocycles. The molecule has 59 heavy (non-hydrogen) atoms. The summed E-state index contributed by atoms with van der Waals surface area (Å²) in [6.45, 7) is 0. The largest absolute Gasteiger partial charge is 0.309 e. The molecule has 0 unspecified atom stereocenters. The fraction of sp³-hybridized carbons (Fsp3) is 0. The van der Waals surface area contributed by atoms with Gasteiger partial charge in [0.25, 0.3) is 0 Å². The van der Waals surface area contributed by atoms with Crippen molar-refractivity contribution in [1.29, 1.82) is 0 Å². The van der Waals surface area contributed by atoms with Crippen LogP contribution >= 0.6 is 0 Å². The Morgan fingerprint density at radius 3 is 1.15 bits per heavy atom. The fourth-order valence-corrected chi connectivity index (χ4v) is 8.53. The Morgan fingerprint density at radius 1 is 0.271 bits per heavy atom. The molecule has 11 aromatic rings. The first kappa shape index (κ1) is 34.4. The topological polar surface area (TPSA) is 30.7 Å². The Hall–Kier alpha value is -7.88. The molecule has 3 nitrogen and oxygen atoms in total. The number of fused-ring (bicyclic) bond motifs is 4. The molecular weight excluding hydrogens is 715 g/mol. The van der Waals surface area contributed by atoms with Crippen molar-refractivity contribution in [3.63, 3.8) is 0 Å². The van der Waals surface area contributed by atoms with E-state index in [0.717, 1.165) is 50.1 Å². The van der Waals surface area contributed by atoms with Crippen molar-refractivity contribution in [2.45, 2.75) is 0 Å². The van der Waals surface area contributed by atoms with Crippen LogP contribution in [0.3, 0.4) is 0 Å². The van der Waals surface area contributed by atoms with E-state index in [4.69, 9.17) is 9.97 Å². The summed E-state index contributed by atoms with van der Waals surface area (Å²) in [5, 5.41) is 4.79. The standard InChI is InChI=1S/C56H37N3/c1-3-13-38(14-4-1)40-23-27-43(28-24-40)52-37-53(44-29-25-41(26-30-44)39-15-5-2-6-16-39)58-56(57-52)51-36-35-46(47-17-7-8-18-48(47)51)42-31-33-45(34-32-42)59-54-21-11-9-19-49(54)50-20-10-12-22-55(50)59/h1-37H. The highest BCUT2D eigenvalue weighted by Gasteiger charge is 2.17. The summed E-state index contributed by atoms with van der Waals surface area (Å²) in [4.78, 5) is 10.6. The van der Waals surface area contributed by atoms with Crippen LogP contribution in [-0.4, -0.2) is 14.5 Å². The number of para-hydroxylation sites is 2. The summed E-state index contributed by atoms with van der Waals surface area (Å²) in [6, 6.07) is 79.8. The van der Waals surface area contributed by atoms with E-state index in [9.17, 15) is 0 Å². The minimum atomic E-state index is 0.696. The van der Waals surface area contributed by atoms with Crippen molar-refractivity contribution < 1.29 is 0 Å². The van der Waals surface area contributed by atoms with E-state index in [1.54, 1.807) is 0 Å². The molecule has 0 spiro atoms. The van der Waals surface area contributed by atoms with Crippen molar-refractivity contribution in [2.75, 3.05) is 0 Å². The summed E-state index contributed by atoms with van der Waals surface area (Å²) in [6.07, 6.45) is 0. The highest BCUT2D eigenvalue weighted by molar-refractivity contribution is 6.09. The van der Waals surface area contributed by atoms with Gasteiger partial charge in [-0.15, -0.1) is 0 Å². The average Bonchev–Trinajstić information content (AvgIpc) is 3.66. The predicted molar refractivity (Wildman–Crippen MR) is 246 cm³/mol. The first-order valence-electron chi connectivity index (χ1n) is 20.1. The van der Waals surface area contributed by atoms with Crippen LogP contribution in [0, 0.1) is 0 Å². The van der Waals surface area contributed by atoms with E-state index in [0.29, 0.717) is 5.82 Å². The van der Waals surface area contributed by atoms with Gasteiger partial charge >= 0.3 is 0 Å². The molecular formula is C56H37N3. The van der Waals surface area contributed by atoms with Crippen LogP contribution in [0.5, 0.6) is 0 Å². The fourth-order valence-electron chi connectivity index (χ4n) is 8.53. The minimum Gasteiger partial charge on any atom is -0.309 e. The number of hydrogen-bond acceptors (Lipinski definition) is 2. The molecule has 9 aromatic carbocycles. The lowest BCUT2D eigenvalue weighted by Gasteiger charge is -2.14. The maximum absolute atomic E-state index is 5.30. The normalized spacial score (nSPS) is 11.4. The van der Waals surface area contributed by atoms with E-state index in [-0.39, 0.29) is 0 Å². The molecule has 0 amide bonds. The Balaban J connectivity index is 1.01.